The van der Waals surface area contributed by atoms with Gasteiger partial charge in [-0.1, -0.05) is 0 Å². The molecule has 0 amide bonds. The summed E-state index contributed by atoms with van der Waals surface area (Å²) in [5.41, 5.74) is 0.623. The molecule has 13 heavy (non-hydrogen) atoms. The minimum Gasteiger partial charge on any atom is -0.298 e. The summed E-state index contributed by atoms with van der Waals surface area (Å²) in [7, 11) is 0. The van der Waals surface area contributed by atoms with E-state index >= 15 is 0 Å². The van der Waals surface area contributed by atoms with E-state index in [-0.39, 0.29) is 11.6 Å². The van der Waals surface area contributed by atoms with Crippen molar-refractivity contribution in [2.45, 2.75) is 20.4 Å². The van der Waals surface area contributed by atoms with Crippen molar-refractivity contribution in [3.8, 4) is 6.07 Å². The molecule has 0 saturated heterocycles. The van der Waals surface area contributed by atoms with Crippen molar-refractivity contribution in [2.75, 3.05) is 0 Å². The van der Waals surface area contributed by atoms with Gasteiger partial charge in [-0.15, -0.1) is 0 Å². The molecule has 68 valence electrons. The van der Waals surface area contributed by atoms with Crippen LogP contribution in [0.1, 0.15) is 12.5 Å². The molecule has 1 aromatic heterocycles. The third-order valence-corrected chi connectivity index (χ3v) is 1.67. The fourth-order valence-corrected chi connectivity index (χ4v) is 1.03. The Morgan fingerprint density at radius 2 is 2.46 bits per heavy atom. The lowest BCUT2D eigenvalue weighted by Crippen LogP contribution is -2.24. The fraction of sp³-hybridized carbons (Fsp3) is 0.444. The lowest BCUT2D eigenvalue weighted by molar-refractivity contribution is 0.551. The molecule has 0 saturated carbocycles. The summed E-state index contributed by atoms with van der Waals surface area (Å²) >= 11 is 0. The number of aryl methyl sites for hydroxylation is 1. The van der Waals surface area contributed by atoms with Crippen molar-refractivity contribution < 1.29 is 0 Å². The van der Waals surface area contributed by atoms with Gasteiger partial charge < -0.3 is 0 Å². The Hall–Kier alpha value is -1.63. The molecular weight excluding hydrogens is 166 g/mol. The van der Waals surface area contributed by atoms with Gasteiger partial charge in [-0.25, -0.2) is 9.78 Å². The maximum absolute atomic E-state index is 11.2. The largest absolute Gasteiger partial charge is 0.347 e. The van der Waals surface area contributed by atoms with Gasteiger partial charge in [0, 0.05) is 18.9 Å². The third kappa shape index (κ3) is 2.41. The van der Waals surface area contributed by atoms with E-state index in [9.17, 15) is 4.79 Å². The summed E-state index contributed by atoms with van der Waals surface area (Å²) in [6.45, 7) is 4.04. The quantitative estimate of drug-likeness (QED) is 0.668. The molecule has 0 aromatic carbocycles. The van der Waals surface area contributed by atoms with E-state index in [1.54, 1.807) is 13.1 Å². The van der Waals surface area contributed by atoms with Crippen LogP contribution in [0, 0.1) is 24.2 Å². The highest BCUT2D eigenvalue weighted by atomic mass is 16.1. The zero-order valence-electron chi connectivity index (χ0n) is 7.69. The zero-order chi connectivity index (χ0) is 9.84. The Labute approximate surface area is 76.5 Å². The van der Waals surface area contributed by atoms with Crippen LogP contribution in [0.5, 0.6) is 0 Å². The van der Waals surface area contributed by atoms with Crippen LogP contribution in [0.15, 0.2) is 17.2 Å². The first-order valence-electron chi connectivity index (χ1n) is 4.06. The van der Waals surface area contributed by atoms with E-state index in [1.807, 2.05) is 6.92 Å². The molecule has 0 fully saturated rings. The van der Waals surface area contributed by atoms with Crippen LogP contribution in [-0.2, 0) is 6.54 Å². The van der Waals surface area contributed by atoms with E-state index in [2.05, 4.69) is 11.1 Å². The predicted octanol–water partition coefficient (Wildman–Crippen LogP) is 0.711. The van der Waals surface area contributed by atoms with Crippen LogP contribution >= 0.6 is 0 Å². The van der Waals surface area contributed by atoms with Gasteiger partial charge in [0.1, 0.15) is 0 Å². The second-order valence-electron chi connectivity index (χ2n) is 3.10. The smallest absolute Gasteiger partial charge is 0.298 e. The molecule has 1 heterocycles. The molecule has 4 heteroatoms. The highest BCUT2D eigenvalue weighted by Crippen LogP contribution is 1.97. The average molecular weight is 177 g/mol. The summed E-state index contributed by atoms with van der Waals surface area (Å²) in [5, 5.41) is 8.57. The molecule has 0 aliphatic heterocycles. The second kappa shape index (κ2) is 3.85. The summed E-state index contributed by atoms with van der Waals surface area (Å²) in [5.74, 6) is -0.165. The summed E-state index contributed by atoms with van der Waals surface area (Å²) < 4.78 is 1.46. The number of hydrogen-bond donors (Lipinski definition) is 0. The Bertz CT molecular complexity index is 389. The van der Waals surface area contributed by atoms with Gasteiger partial charge in [-0.05, 0) is 19.4 Å². The van der Waals surface area contributed by atoms with Crippen molar-refractivity contribution in [1.82, 2.24) is 9.55 Å². The summed E-state index contributed by atoms with van der Waals surface area (Å²) in [6, 6.07) is 2.07. The Morgan fingerprint density at radius 3 is 3.08 bits per heavy atom. The first kappa shape index (κ1) is 9.46. The minimum atomic E-state index is -0.298. The molecule has 0 spiro atoms. The van der Waals surface area contributed by atoms with Crippen molar-refractivity contribution in [3.63, 3.8) is 0 Å². The van der Waals surface area contributed by atoms with Crippen LogP contribution in [0.3, 0.4) is 0 Å². The van der Waals surface area contributed by atoms with Crippen LogP contribution in [-0.4, -0.2) is 9.55 Å². The first-order chi connectivity index (χ1) is 6.13. The Kier molecular flexibility index (Phi) is 2.80. The number of nitriles is 1. The SMILES string of the molecule is Cc1cnc(=O)n(CC(C)C#N)c1. The van der Waals surface area contributed by atoms with Gasteiger partial charge >= 0.3 is 5.69 Å². The Balaban J connectivity index is 2.95. The average Bonchev–Trinajstić information content (AvgIpc) is 2.11. The molecule has 0 bridgehead atoms. The van der Waals surface area contributed by atoms with Gasteiger partial charge in [0.2, 0.25) is 0 Å². The fourth-order valence-electron chi connectivity index (χ4n) is 1.03. The molecule has 0 aliphatic carbocycles. The molecule has 0 N–H and O–H groups in total. The van der Waals surface area contributed by atoms with Gasteiger partial charge in [0.15, 0.2) is 0 Å². The maximum atomic E-state index is 11.2. The highest BCUT2D eigenvalue weighted by molar-refractivity contribution is 5.00. The molecule has 1 rings (SSSR count). The molecule has 0 aliphatic rings. The third-order valence-electron chi connectivity index (χ3n) is 1.67. The van der Waals surface area contributed by atoms with E-state index in [0.717, 1.165) is 5.56 Å². The molecule has 1 atom stereocenters. The van der Waals surface area contributed by atoms with E-state index < -0.39 is 0 Å². The topological polar surface area (TPSA) is 58.7 Å². The normalized spacial score (nSPS) is 12.1. The number of aromatic nitrogens is 2. The van der Waals surface area contributed by atoms with E-state index in [4.69, 9.17) is 5.26 Å². The monoisotopic (exact) mass is 177 g/mol. The number of hydrogen-bond acceptors (Lipinski definition) is 3. The number of nitrogens with zero attached hydrogens (tertiary/aromatic N) is 3. The van der Waals surface area contributed by atoms with Gasteiger partial charge in [-0.3, -0.25) is 4.57 Å². The molecular formula is C9H11N3O. The van der Waals surface area contributed by atoms with Crippen LogP contribution in [0.2, 0.25) is 0 Å². The van der Waals surface area contributed by atoms with Crippen LogP contribution in [0.4, 0.5) is 0 Å². The maximum Gasteiger partial charge on any atom is 0.347 e. The Morgan fingerprint density at radius 1 is 1.77 bits per heavy atom. The predicted molar refractivity (Wildman–Crippen MR) is 48.0 cm³/mol. The lowest BCUT2D eigenvalue weighted by atomic mass is 10.2. The summed E-state index contributed by atoms with van der Waals surface area (Å²) in [6.07, 6.45) is 3.24. The highest BCUT2D eigenvalue weighted by Gasteiger charge is 2.03. The molecule has 0 radical (unpaired) electrons. The van der Waals surface area contributed by atoms with Gasteiger partial charge in [0.25, 0.3) is 0 Å². The van der Waals surface area contributed by atoms with Gasteiger partial charge in [-0.2, -0.15) is 5.26 Å². The lowest BCUT2D eigenvalue weighted by Gasteiger charge is -2.05. The van der Waals surface area contributed by atoms with Gasteiger partial charge in [0.05, 0.1) is 12.0 Å². The molecule has 1 aromatic rings. The van der Waals surface area contributed by atoms with Crippen LogP contribution < -0.4 is 5.69 Å². The summed E-state index contributed by atoms with van der Waals surface area (Å²) in [4.78, 5) is 14.8. The van der Waals surface area contributed by atoms with Crippen LogP contribution in [0.25, 0.3) is 0 Å². The molecule has 4 nitrogen and oxygen atoms in total. The van der Waals surface area contributed by atoms with Crippen molar-refractivity contribution in [3.05, 3.63) is 28.4 Å². The van der Waals surface area contributed by atoms with Crippen molar-refractivity contribution in [1.29, 1.82) is 5.26 Å². The molecule has 1 unspecified atom stereocenters. The minimum absolute atomic E-state index is 0.165. The zero-order valence-corrected chi connectivity index (χ0v) is 7.69. The second-order valence-corrected chi connectivity index (χ2v) is 3.10. The van der Waals surface area contributed by atoms with E-state index in [0.29, 0.717) is 6.54 Å². The standard InChI is InChI=1S/C9H11N3O/c1-7(3-10)5-12-6-8(2)4-11-9(12)13/h4,6-7H,5H2,1-2H3. The van der Waals surface area contributed by atoms with Crippen molar-refractivity contribution in [2.24, 2.45) is 5.92 Å². The first-order valence-corrected chi connectivity index (χ1v) is 4.06. The number of rotatable bonds is 2. The van der Waals surface area contributed by atoms with Crippen molar-refractivity contribution >= 4 is 0 Å². The van der Waals surface area contributed by atoms with E-state index in [1.165, 1.54) is 10.8 Å².